The Labute approximate surface area is 195 Å². The predicted octanol–water partition coefficient (Wildman–Crippen LogP) is 3.63. The van der Waals surface area contributed by atoms with Crippen molar-refractivity contribution in [3.05, 3.63) is 94.4 Å². The highest BCUT2D eigenvalue weighted by molar-refractivity contribution is 6.06. The standard InChI is InChI=1S/C26H24N4O4/c1-17-5-10-22-21(12-17)24-25(30(22)15-23(31)27-13-20-4-3-11-34-20)26(32)29(16-28-24)14-18-6-8-19(33-2)9-7-18/h3-12,16H,13-15H2,1-2H3,(H,27,31). The number of aromatic nitrogens is 3. The van der Waals surface area contributed by atoms with E-state index in [1.54, 1.807) is 41.0 Å². The van der Waals surface area contributed by atoms with Crippen molar-refractivity contribution in [3.63, 3.8) is 0 Å². The molecular weight excluding hydrogens is 432 g/mol. The maximum absolute atomic E-state index is 13.6. The number of nitrogens with one attached hydrogen (secondary N) is 1. The Morgan fingerprint density at radius 1 is 1.15 bits per heavy atom. The fourth-order valence-corrected chi connectivity index (χ4v) is 4.12. The number of fused-ring (bicyclic) bond motifs is 3. The zero-order valence-corrected chi connectivity index (χ0v) is 18.9. The van der Waals surface area contributed by atoms with Crippen LogP contribution in [0.1, 0.15) is 16.9 Å². The second-order valence-electron chi connectivity index (χ2n) is 8.19. The maximum Gasteiger partial charge on any atom is 0.278 e. The molecule has 0 atom stereocenters. The third-order valence-corrected chi connectivity index (χ3v) is 5.84. The number of amides is 1. The minimum Gasteiger partial charge on any atom is -0.497 e. The van der Waals surface area contributed by atoms with Crippen molar-refractivity contribution in [2.24, 2.45) is 0 Å². The third kappa shape index (κ3) is 4.05. The van der Waals surface area contributed by atoms with Gasteiger partial charge in [-0.2, -0.15) is 0 Å². The van der Waals surface area contributed by atoms with Crippen LogP contribution in [0, 0.1) is 6.92 Å². The van der Waals surface area contributed by atoms with E-state index < -0.39 is 0 Å². The number of benzene rings is 2. The number of hydrogen-bond donors (Lipinski definition) is 1. The number of aryl methyl sites for hydroxylation is 1. The molecule has 5 rings (SSSR count). The summed E-state index contributed by atoms with van der Waals surface area (Å²) in [6, 6.07) is 17.0. The number of carbonyl (C=O) groups is 1. The number of ether oxygens (including phenoxy) is 1. The van der Waals surface area contributed by atoms with Crippen molar-refractivity contribution in [3.8, 4) is 5.75 Å². The highest BCUT2D eigenvalue weighted by Crippen LogP contribution is 2.26. The van der Waals surface area contributed by atoms with Crippen molar-refractivity contribution in [1.82, 2.24) is 19.4 Å². The molecule has 0 saturated carbocycles. The van der Waals surface area contributed by atoms with Crippen molar-refractivity contribution < 1.29 is 13.9 Å². The second kappa shape index (κ2) is 8.90. The summed E-state index contributed by atoms with van der Waals surface area (Å²) >= 11 is 0. The van der Waals surface area contributed by atoms with Gasteiger partial charge in [0.25, 0.3) is 5.56 Å². The van der Waals surface area contributed by atoms with E-state index in [1.807, 2.05) is 49.4 Å². The molecule has 2 aromatic carbocycles. The summed E-state index contributed by atoms with van der Waals surface area (Å²) in [4.78, 5) is 31.0. The SMILES string of the molecule is COc1ccc(Cn2cnc3c4cc(C)ccc4n(CC(=O)NCc4ccco4)c3c2=O)cc1. The average Bonchev–Trinajstić information content (AvgIpc) is 3.47. The molecule has 0 spiro atoms. The number of nitrogens with zero attached hydrogens (tertiary/aromatic N) is 3. The molecule has 0 radical (unpaired) electrons. The Hall–Kier alpha value is -4.33. The Bertz CT molecular complexity index is 1530. The van der Waals surface area contributed by atoms with Gasteiger partial charge < -0.3 is 19.0 Å². The molecule has 3 heterocycles. The van der Waals surface area contributed by atoms with Crippen LogP contribution in [0.25, 0.3) is 21.9 Å². The Morgan fingerprint density at radius 3 is 2.71 bits per heavy atom. The lowest BCUT2D eigenvalue weighted by molar-refractivity contribution is -0.121. The van der Waals surface area contributed by atoms with Crippen LogP contribution in [-0.2, 0) is 24.4 Å². The van der Waals surface area contributed by atoms with Crippen molar-refractivity contribution >= 4 is 27.8 Å². The number of rotatable bonds is 7. The van der Waals surface area contributed by atoms with Gasteiger partial charge in [0.1, 0.15) is 29.1 Å². The summed E-state index contributed by atoms with van der Waals surface area (Å²) in [6.45, 7) is 2.62. The van der Waals surface area contributed by atoms with Gasteiger partial charge in [-0.1, -0.05) is 23.8 Å². The largest absolute Gasteiger partial charge is 0.497 e. The van der Waals surface area contributed by atoms with E-state index >= 15 is 0 Å². The third-order valence-electron chi connectivity index (χ3n) is 5.84. The predicted molar refractivity (Wildman–Crippen MR) is 129 cm³/mol. The van der Waals surface area contributed by atoms with E-state index in [2.05, 4.69) is 10.3 Å². The summed E-state index contributed by atoms with van der Waals surface area (Å²) in [5.74, 6) is 1.19. The highest BCUT2D eigenvalue weighted by Gasteiger charge is 2.19. The molecular formula is C26H24N4O4. The zero-order valence-electron chi connectivity index (χ0n) is 18.9. The lowest BCUT2D eigenvalue weighted by atomic mass is 10.1. The van der Waals surface area contributed by atoms with Gasteiger partial charge in [-0.25, -0.2) is 4.98 Å². The summed E-state index contributed by atoms with van der Waals surface area (Å²) in [7, 11) is 1.61. The second-order valence-corrected chi connectivity index (χ2v) is 8.19. The Morgan fingerprint density at radius 2 is 1.97 bits per heavy atom. The van der Waals surface area contributed by atoms with Crippen LogP contribution < -0.4 is 15.6 Å². The molecule has 0 unspecified atom stereocenters. The first-order chi connectivity index (χ1) is 16.5. The summed E-state index contributed by atoms with van der Waals surface area (Å²) < 4.78 is 13.8. The molecule has 34 heavy (non-hydrogen) atoms. The molecule has 8 nitrogen and oxygen atoms in total. The number of hydrogen-bond acceptors (Lipinski definition) is 5. The van der Waals surface area contributed by atoms with Gasteiger partial charge in [0.05, 0.1) is 38.3 Å². The van der Waals surface area contributed by atoms with Gasteiger partial charge in [0, 0.05) is 5.39 Å². The molecule has 1 amide bonds. The van der Waals surface area contributed by atoms with Gasteiger partial charge in [0.2, 0.25) is 5.91 Å². The van der Waals surface area contributed by atoms with E-state index in [1.165, 1.54) is 0 Å². The van der Waals surface area contributed by atoms with Crippen LogP contribution in [0.4, 0.5) is 0 Å². The molecule has 1 N–H and O–H groups in total. The van der Waals surface area contributed by atoms with E-state index in [0.29, 0.717) is 23.3 Å². The first kappa shape index (κ1) is 21.5. The molecule has 8 heteroatoms. The minimum atomic E-state index is -0.222. The average molecular weight is 457 g/mol. The maximum atomic E-state index is 13.6. The van der Waals surface area contributed by atoms with Crippen LogP contribution in [0.3, 0.4) is 0 Å². The smallest absolute Gasteiger partial charge is 0.278 e. The quantitative estimate of drug-likeness (QED) is 0.404. The van der Waals surface area contributed by atoms with E-state index in [9.17, 15) is 9.59 Å². The molecule has 0 fully saturated rings. The lowest BCUT2D eigenvalue weighted by Crippen LogP contribution is -2.29. The monoisotopic (exact) mass is 456 g/mol. The zero-order chi connectivity index (χ0) is 23.7. The first-order valence-electron chi connectivity index (χ1n) is 10.9. The molecule has 0 aliphatic heterocycles. The van der Waals surface area contributed by atoms with E-state index in [0.717, 1.165) is 27.8 Å². The van der Waals surface area contributed by atoms with Crippen molar-refractivity contribution in [2.75, 3.05) is 7.11 Å². The Balaban J connectivity index is 1.54. The number of furan rings is 1. The molecule has 0 aliphatic carbocycles. The molecule has 0 bridgehead atoms. The van der Waals surface area contributed by atoms with Gasteiger partial charge in [0.15, 0.2) is 0 Å². The normalized spacial score (nSPS) is 11.2. The lowest BCUT2D eigenvalue weighted by Gasteiger charge is -2.10. The van der Waals surface area contributed by atoms with Crippen LogP contribution in [0.5, 0.6) is 5.75 Å². The van der Waals surface area contributed by atoms with E-state index in [-0.39, 0.29) is 24.6 Å². The fourth-order valence-electron chi connectivity index (χ4n) is 4.12. The summed E-state index contributed by atoms with van der Waals surface area (Å²) in [5, 5.41) is 3.70. The van der Waals surface area contributed by atoms with Crippen molar-refractivity contribution in [1.29, 1.82) is 0 Å². The van der Waals surface area contributed by atoms with Gasteiger partial charge in [-0.3, -0.25) is 14.2 Å². The molecule has 3 aromatic heterocycles. The topological polar surface area (TPSA) is 91.3 Å². The summed E-state index contributed by atoms with van der Waals surface area (Å²) in [6.07, 6.45) is 3.13. The van der Waals surface area contributed by atoms with E-state index in [4.69, 9.17) is 9.15 Å². The molecule has 0 saturated heterocycles. The van der Waals surface area contributed by atoms with Crippen molar-refractivity contribution in [2.45, 2.75) is 26.6 Å². The van der Waals surface area contributed by atoms with Gasteiger partial charge in [-0.05, 0) is 48.9 Å². The number of carbonyl (C=O) groups excluding carboxylic acids is 1. The fraction of sp³-hybridized carbons (Fsp3) is 0.192. The van der Waals surface area contributed by atoms with Crippen LogP contribution in [0.15, 0.2) is 76.4 Å². The minimum absolute atomic E-state index is 0.00671. The van der Waals surface area contributed by atoms with Crippen LogP contribution >= 0.6 is 0 Å². The Kier molecular flexibility index (Phi) is 5.63. The highest BCUT2D eigenvalue weighted by atomic mass is 16.5. The van der Waals surface area contributed by atoms with Crippen LogP contribution in [-0.4, -0.2) is 27.1 Å². The summed E-state index contributed by atoms with van der Waals surface area (Å²) in [5.41, 5.74) is 3.59. The molecule has 0 aliphatic rings. The van der Waals surface area contributed by atoms with Gasteiger partial charge >= 0.3 is 0 Å². The van der Waals surface area contributed by atoms with Gasteiger partial charge in [-0.15, -0.1) is 0 Å². The molecule has 172 valence electrons. The first-order valence-corrected chi connectivity index (χ1v) is 10.9. The number of methoxy groups -OCH3 is 1. The molecule has 5 aromatic rings. The van der Waals surface area contributed by atoms with Crippen LogP contribution in [0.2, 0.25) is 0 Å².